The standard InChI is InChI=1S/C13H19N3O3/c1-5-16(8-12(17)19-6-2)13(18)11-7-9(3)14-15-10(11)4/h7H,5-6,8H2,1-4H3. The van der Waals surface area contributed by atoms with Crippen molar-refractivity contribution in [3.8, 4) is 0 Å². The van der Waals surface area contributed by atoms with Gasteiger partial charge >= 0.3 is 5.97 Å². The number of amides is 1. The SMILES string of the molecule is CCOC(=O)CN(CC)C(=O)c1cc(C)nnc1C. The fraction of sp³-hybridized carbons (Fsp3) is 0.538. The third-order valence-corrected chi connectivity index (χ3v) is 2.63. The van der Waals surface area contributed by atoms with E-state index in [0.717, 1.165) is 0 Å². The van der Waals surface area contributed by atoms with E-state index in [0.29, 0.717) is 30.1 Å². The van der Waals surface area contributed by atoms with Crippen molar-refractivity contribution in [1.29, 1.82) is 0 Å². The molecule has 0 aliphatic rings. The number of hydrogen-bond donors (Lipinski definition) is 0. The van der Waals surface area contributed by atoms with Crippen molar-refractivity contribution in [3.05, 3.63) is 23.0 Å². The van der Waals surface area contributed by atoms with Gasteiger partial charge in [0.15, 0.2) is 0 Å². The number of rotatable bonds is 5. The second-order valence-corrected chi connectivity index (χ2v) is 4.11. The summed E-state index contributed by atoms with van der Waals surface area (Å²) >= 11 is 0. The molecule has 0 aliphatic heterocycles. The minimum Gasteiger partial charge on any atom is -0.465 e. The first-order valence-electron chi connectivity index (χ1n) is 6.25. The van der Waals surface area contributed by atoms with Crippen LogP contribution in [0, 0.1) is 13.8 Å². The van der Waals surface area contributed by atoms with Crippen LogP contribution in [0.2, 0.25) is 0 Å². The molecule has 0 bridgehead atoms. The summed E-state index contributed by atoms with van der Waals surface area (Å²) in [5.74, 6) is -0.639. The molecule has 1 heterocycles. The van der Waals surface area contributed by atoms with Gasteiger partial charge in [0.2, 0.25) is 0 Å². The van der Waals surface area contributed by atoms with E-state index in [1.807, 2.05) is 6.92 Å². The number of aromatic nitrogens is 2. The monoisotopic (exact) mass is 265 g/mol. The van der Waals surface area contributed by atoms with Gasteiger partial charge in [-0.25, -0.2) is 0 Å². The fourth-order valence-corrected chi connectivity index (χ4v) is 1.63. The van der Waals surface area contributed by atoms with Gasteiger partial charge in [0, 0.05) is 6.54 Å². The van der Waals surface area contributed by atoms with Crippen LogP contribution in [0.4, 0.5) is 0 Å². The van der Waals surface area contributed by atoms with Crippen LogP contribution < -0.4 is 0 Å². The highest BCUT2D eigenvalue weighted by atomic mass is 16.5. The lowest BCUT2D eigenvalue weighted by molar-refractivity contribution is -0.143. The van der Waals surface area contributed by atoms with Gasteiger partial charge < -0.3 is 9.64 Å². The molecule has 104 valence electrons. The fourth-order valence-electron chi connectivity index (χ4n) is 1.63. The molecule has 1 aromatic heterocycles. The smallest absolute Gasteiger partial charge is 0.325 e. The number of likely N-dealkylation sites (N-methyl/N-ethyl adjacent to an activating group) is 1. The van der Waals surface area contributed by atoms with Crippen LogP contribution in [0.3, 0.4) is 0 Å². The molecule has 1 aromatic rings. The summed E-state index contributed by atoms with van der Waals surface area (Å²) in [5, 5.41) is 7.80. The van der Waals surface area contributed by atoms with Crippen LogP contribution in [0.1, 0.15) is 35.6 Å². The number of nitrogens with zero attached hydrogens (tertiary/aromatic N) is 3. The van der Waals surface area contributed by atoms with Crippen molar-refractivity contribution in [2.75, 3.05) is 19.7 Å². The Hall–Kier alpha value is -1.98. The zero-order chi connectivity index (χ0) is 14.4. The van der Waals surface area contributed by atoms with Crippen molar-refractivity contribution < 1.29 is 14.3 Å². The summed E-state index contributed by atoms with van der Waals surface area (Å²) in [6.07, 6.45) is 0. The second kappa shape index (κ2) is 6.82. The molecule has 19 heavy (non-hydrogen) atoms. The van der Waals surface area contributed by atoms with Gasteiger partial charge in [-0.05, 0) is 33.8 Å². The zero-order valence-electron chi connectivity index (χ0n) is 11.8. The van der Waals surface area contributed by atoms with E-state index in [1.54, 1.807) is 26.8 Å². The van der Waals surface area contributed by atoms with Gasteiger partial charge in [-0.2, -0.15) is 10.2 Å². The quantitative estimate of drug-likeness (QED) is 0.746. The molecule has 1 amide bonds. The first-order valence-corrected chi connectivity index (χ1v) is 6.25. The van der Waals surface area contributed by atoms with Crippen LogP contribution in [0.5, 0.6) is 0 Å². The number of esters is 1. The third kappa shape index (κ3) is 4.01. The van der Waals surface area contributed by atoms with Crippen LogP contribution in [0.15, 0.2) is 6.07 Å². The minimum atomic E-state index is -0.408. The molecule has 0 unspecified atom stereocenters. The molecule has 0 saturated heterocycles. The van der Waals surface area contributed by atoms with Gasteiger partial charge in [-0.3, -0.25) is 9.59 Å². The Morgan fingerprint density at radius 3 is 2.53 bits per heavy atom. The number of aryl methyl sites for hydroxylation is 2. The van der Waals surface area contributed by atoms with Crippen molar-refractivity contribution in [3.63, 3.8) is 0 Å². The number of ether oxygens (including phenoxy) is 1. The highest BCUT2D eigenvalue weighted by Crippen LogP contribution is 2.09. The first kappa shape index (κ1) is 15.1. The molecule has 0 saturated carbocycles. The van der Waals surface area contributed by atoms with E-state index in [2.05, 4.69) is 10.2 Å². The molecule has 6 nitrogen and oxygen atoms in total. The van der Waals surface area contributed by atoms with Crippen molar-refractivity contribution in [2.24, 2.45) is 0 Å². The lowest BCUT2D eigenvalue weighted by atomic mass is 10.1. The van der Waals surface area contributed by atoms with E-state index >= 15 is 0 Å². The van der Waals surface area contributed by atoms with Crippen molar-refractivity contribution in [2.45, 2.75) is 27.7 Å². The molecule has 0 spiro atoms. The summed E-state index contributed by atoms with van der Waals surface area (Å²) < 4.78 is 4.85. The van der Waals surface area contributed by atoms with Crippen molar-refractivity contribution in [1.82, 2.24) is 15.1 Å². The van der Waals surface area contributed by atoms with Crippen LogP contribution in [-0.2, 0) is 9.53 Å². The Labute approximate surface area is 112 Å². The maximum absolute atomic E-state index is 12.3. The Bertz CT molecular complexity index is 474. The Balaban J connectivity index is 2.89. The van der Waals surface area contributed by atoms with E-state index in [-0.39, 0.29) is 12.5 Å². The number of carbonyl (C=O) groups excluding carboxylic acids is 2. The first-order chi connectivity index (χ1) is 8.99. The van der Waals surface area contributed by atoms with Crippen LogP contribution in [-0.4, -0.2) is 46.7 Å². The molecule has 0 fully saturated rings. The average molecular weight is 265 g/mol. The van der Waals surface area contributed by atoms with Gasteiger partial charge in [0.05, 0.1) is 23.6 Å². The molecular weight excluding hydrogens is 246 g/mol. The van der Waals surface area contributed by atoms with E-state index in [1.165, 1.54) is 4.90 Å². The molecule has 0 radical (unpaired) electrons. The molecule has 0 N–H and O–H groups in total. The predicted molar refractivity (Wildman–Crippen MR) is 69.7 cm³/mol. The highest BCUT2D eigenvalue weighted by Gasteiger charge is 2.20. The summed E-state index contributed by atoms with van der Waals surface area (Å²) in [6, 6.07) is 1.68. The van der Waals surface area contributed by atoms with E-state index < -0.39 is 5.97 Å². The highest BCUT2D eigenvalue weighted by molar-refractivity contribution is 5.96. The van der Waals surface area contributed by atoms with Gasteiger partial charge in [-0.1, -0.05) is 0 Å². The summed E-state index contributed by atoms with van der Waals surface area (Å²) in [6.45, 7) is 7.72. The molecular formula is C13H19N3O3. The molecule has 0 aromatic carbocycles. The topological polar surface area (TPSA) is 72.4 Å². The summed E-state index contributed by atoms with van der Waals surface area (Å²) in [5.41, 5.74) is 1.69. The van der Waals surface area contributed by atoms with Crippen LogP contribution >= 0.6 is 0 Å². The zero-order valence-corrected chi connectivity index (χ0v) is 11.8. The largest absolute Gasteiger partial charge is 0.465 e. The normalized spacial score (nSPS) is 10.1. The minimum absolute atomic E-state index is 0.0516. The van der Waals surface area contributed by atoms with E-state index in [9.17, 15) is 9.59 Å². The summed E-state index contributed by atoms with van der Waals surface area (Å²) in [7, 11) is 0. The summed E-state index contributed by atoms with van der Waals surface area (Å²) in [4.78, 5) is 25.2. The van der Waals surface area contributed by atoms with Crippen LogP contribution in [0.25, 0.3) is 0 Å². The maximum atomic E-state index is 12.3. The van der Waals surface area contributed by atoms with Gasteiger partial charge in [-0.15, -0.1) is 0 Å². The third-order valence-electron chi connectivity index (χ3n) is 2.63. The van der Waals surface area contributed by atoms with Gasteiger partial charge in [0.25, 0.3) is 5.91 Å². The number of hydrogen-bond acceptors (Lipinski definition) is 5. The predicted octanol–water partition coefficient (Wildman–Crippen LogP) is 1.12. The Morgan fingerprint density at radius 1 is 1.26 bits per heavy atom. The second-order valence-electron chi connectivity index (χ2n) is 4.11. The maximum Gasteiger partial charge on any atom is 0.325 e. The van der Waals surface area contributed by atoms with Gasteiger partial charge in [0.1, 0.15) is 6.54 Å². The van der Waals surface area contributed by atoms with Crippen molar-refractivity contribution >= 4 is 11.9 Å². The number of carbonyl (C=O) groups is 2. The average Bonchev–Trinajstić information content (AvgIpc) is 2.38. The van der Waals surface area contributed by atoms with E-state index in [4.69, 9.17) is 4.74 Å². The molecule has 0 aliphatic carbocycles. The lowest BCUT2D eigenvalue weighted by Crippen LogP contribution is -2.36. The Kier molecular flexibility index (Phi) is 5.41. The Morgan fingerprint density at radius 2 is 1.95 bits per heavy atom. The lowest BCUT2D eigenvalue weighted by Gasteiger charge is -2.20. The molecule has 0 atom stereocenters. The molecule has 6 heteroatoms. The molecule has 1 rings (SSSR count).